The number of ether oxygens (including phenoxy) is 1. The van der Waals surface area contributed by atoms with Gasteiger partial charge in [0, 0.05) is 23.5 Å². The minimum Gasteiger partial charge on any atom is -0.497 e. The number of sulfonamides is 1. The van der Waals surface area contributed by atoms with Crippen molar-refractivity contribution in [2.24, 2.45) is 0 Å². The van der Waals surface area contributed by atoms with Gasteiger partial charge in [-0.05, 0) is 73.4 Å². The first-order valence-electron chi connectivity index (χ1n) is 16.3. The first kappa shape index (κ1) is 35.2. The molecule has 1 atom stereocenters. The van der Waals surface area contributed by atoms with Crippen LogP contribution >= 0.6 is 15.9 Å². The summed E-state index contributed by atoms with van der Waals surface area (Å²) in [6.07, 6.45) is 5.26. The molecule has 1 aliphatic carbocycles. The van der Waals surface area contributed by atoms with Crippen LogP contribution in [-0.2, 0) is 32.6 Å². The molecule has 4 aromatic rings. The maximum Gasteiger partial charge on any atom is 0.264 e. The lowest BCUT2D eigenvalue weighted by Gasteiger charge is -2.35. The third-order valence-electron chi connectivity index (χ3n) is 8.69. The molecule has 0 saturated heterocycles. The van der Waals surface area contributed by atoms with Gasteiger partial charge in [0.2, 0.25) is 11.8 Å². The molecule has 10 heteroatoms. The largest absolute Gasteiger partial charge is 0.497 e. The molecule has 2 amide bonds. The number of amides is 2. The van der Waals surface area contributed by atoms with Gasteiger partial charge in [0.25, 0.3) is 10.0 Å². The molecule has 0 spiro atoms. The van der Waals surface area contributed by atoms with E-state index in [0.717, 1.165) is 53.1 Å². The van der Waals surface area contributed by atoms with E-state index in [-0.39, 0.29) is 29.8 Å². The second-order valence-electron chi connectivity index (χ2n) is 12.2. The Labute approximate surface area is 292 Å². The van der Waals surface area contributed by atoms with Crippen molar-refractivity contribution in [3.63, 3.8) is 0 Å². The van der Waals surface area contributed by atoms with E-state index >= 15 is 0 Å². The molecule has 1 saturated carbocycles. The number of rotatable bonds is 13. The predicted molar refractivity (Wildman–Crippen MR) is 192 cm³/mol. The van der Waals surface area contributed by atoms with Gasteiger partial charge in [-0.3, -0.25) is 13.9 Å². The smallest absolute Gasteiger partial charge is 0.264 e. The highest BCUT2D eigenvalue weighted by atomic mass is 79.9. The van der Waals surface area contributed by atoms with E-state index in [0.29, 0.717) is 15.9 Å². The number of carbonyl (C=O) groups is 2. The van der Waals surface area contributed by atoms with Crippen molar-refractivity contribution in [2.75, 3.05) is 18.0 Å². The van der Waals surface area contributed by atoms with Gasteiger partial charge < -0.3 is 15.0 Å². The van der Waals surface area contributed by atoms with E-state index in [1.165, 1.54) is 4.90 Å². The van der Waals surface area contributed by atoms with Gasteiger partial charge in [-0.1, -0.05) is 101 Å². The molecule has 1 aliphatic rings. The van der Waals surface area contributed by atoms with Gasteiger partial charge in [-0.25, -0.2) is 8.42 Å². The molecule has 8 nitrogen and oxygen atoms in total. The fourth-order valence-corrected chi connectivity index (χ4v) is 7.86. The average Bonchev–Trinajstić information content (AvgIpc) is 3.09. The van der Waals surface area contributed by atoms with Crippen molar-refractivity contribution in [1.82, 2.24) is 10.2 Å². The predicted octanol–water partition coefficient (Wildman–Crippen LogP) is 7.05. The van der Waals surface area contributed by atoms with Crippen LogP contribution in [0, 0.1) is 6.92 Å². The maximum absolute atomic E-state index is 14.7. The Bertz CT molecular complexity index is 1790. The highest BCUT2D eigenvalue weighted by Crippen LogP contribution is 2.28. The summed E-state index contributed by atoms with van der Waals surface area (Å²) in [7, 11) is -2.61. The zero-order valence-electron chi connectivity index (χ0n) is 27.3. The van der Waals surface area contributed by atoms with Crippen molar-refractivity contribution in [1.29, 1.82) is 0 Å². The van der Waals surface area contributed by atoms with Crippen molar-refractivity contribution < 1.29 is 22.7 Å². The van der Waals surface area contributed by atoms with Crippen LogP contribution in [-0.4, -0.2) is 50.9 Å². The number of halogens is 1. The Balaban J connectivity index is 1.57. The summed E-state index contributed by atoms with van der Waals surface area (Å²) in [5.74, 6) is -0.144. The van der Waals surface area contributed by atoms with Crippen molar-refractivity contribution in [3.05, 3.63) is 124 Å². The molecule has 0 aromatic heterocycles. The topological polar surface area (TPSA) is 96.0 Å². The Morgan fingerprint density at radius 1 is 0.875 bits per heavy atom. The summed E-state index contributed by atoms with van der Waals surface area (Å²) in [5.41, 5.74) is 2.88. The van der Waals surface area contributed by atoms with Crippen LogP contribution in [0.3, 0.4) is 0 Å². The summed E-state index contributed by atoms with van der Waals surface area (Å²) >= 11 is 3.46. The highest BCUT2D eigenvalue weighted by Gasteiger charge is 2.35. The number of hydrogen-bond donors (Lipinski definition) is 1. The van der Waals surface area contributed by atoms with Gasteiger partial charge >= 0.3 is 0 Å². The van der Waals surface area contributed by atoms with E-state index in [1.54, 1.807) is 55.6 Å². The monoisotopic (exact) mass is 731 g/mol. The molecular formula is C38H42BrN3O5S. The molecule has 0 aliphatic heterocycles. The summed E-state index contributed by atoms with van der Waals surface area (Å²) in [6.45, 7) is 1.44. The van der Waals surface area contributed by atoms with Gasteiger partial charge in [-0.2, -0.15) is 0 Å². The standard InChI is InChI=1S/C38H42BrN3O5S/c1-28-19-21-35(22-20-28)48(45,46)42(33-17-10-14-31(39)25-33)27-37(43)41(26-30-13-9-18-34(23-30)47-2)36(24-29-11-5-3-6-12-29)38(44)40-32-15-7-4-8-16-32/h3,5-6,9-14,17-23,25,32,36H,4,7-8,15-16,24,26-27H2,1-2H3,(H,40,44)/t36-/m0/s1. The quantitative estimate of drug-likeness (QED) is 0.159. The van der Waals surface area contributed by atoms with Crippen LogP contribution in [0.4, 0.5) is 5.69 Å². The SMILES string of the molecule is COc1cccc(CN(C(=O)CN(c2cccc(Br)c2)S(=O)(=O)c2ccc(C)cc2)[C@@H](Cc2ccccc2)C(=O)NC2CCCCC2)c1. The van der Waals surface area contributed by atoms with Crippen LogP contribution in [0.15, 0.2) is 112 Å². The molecule has 0 heterocycles. The Morgan fingerprint density at radius 3 is 2.25 bits per heavy atom. The fourth-order valence-electron chi connectivity index (χ4n) is 6.06. The number of nitrogens with one attached hydrogen (secondary N) is 1. The number of benzene rings is 4. The number of hydrogen-bond acceptors (Lipinski definition) is 5. The van der Waals surface area contributed by atoms with Crippen LogP contribution in [0.1, 0.15) is 48.8 Å². The van der Waals surface area contributed by atoms with Gasteiger partial charge in [0.05, 0.1) is 17.7 Å². The van der Waals surface area contributed by atoms with Gasteiger partial charge in [0.1, 0.15) is 18.3 Å². The van der Waals surface area contributed by atoms with E-state index in [9.17, 15) is 18.0 Å². The summed E-state index contributed by atoms with van der Waals surface area (Å²) in [6, 6.07) is 29.5. The van der Waals surface area contributed by atoms with Crippen LogP contribution in [0.25, 0.3) is 0 Å². The highest BCUT2D eigenvalue weighted by molar-refractivity contribution is 9.10. The maximum atomic E-state index is 14.7. The summed E-state index contributed by atoms with van der Waals surface area (Å²) < 4.78 is 35.8. The molecule has 0 bridgehead atoms. The number of nitrogens with zero attached hydrogens (tertiary/aromatic N) is 2. The minimum atomic E-state index is -4.18. The zero-order valence-corrected chi connectivity index (χ0v) is 29.8. The molecule has 4 aromatic carbocycles. The summed E-state index contributed by atoms with van der Waals surface area (Å²) in [5, 5.41) is 3.24. The third-order valence-corrected chi connectivity index (χ3v) is 11.0. The van der Waals surface area contributed by atoms with Crippen LogP contribution in [0.2, 0.25) is 0 Å². The molecular weight excluding hydrogens is 690 g/mol. The Kier molecular flexibility index (Phi) is 11.9. The zero-order chi connectivity index (χ0) is 34.1. The average molecular weight is 733 g/mol. The molecule has 5 rings (SSSR count). The molecule has 48 heavy (non-hydrogen) atoms. The van der Waals surface area contributed by atoms with E-state index in [1.807, 2.05) is 61.5 Å². The lowest BCUT2D eigenvalue weighted by atomic mass is 9.94. The van der Waals surface area contributed by atoms with Crippen molar-refractivity contribution in [2.45, 2.75) is 69.0 Å². The second kappa shape index (κ2) is 16.3. The van der Waals surface area contributed by atoms with Gasteiger partial charge in [0.15, 0.2) is 0 Å². The van der Waals surface area contributed by atoms with Crippen LogP contribution in [0.5, 0.6) is 5.75 Å². The fraction of sp³-hybridized carbons (Fsp3) is 0.316. The molecule has 0 unspecified atom stereocenters. The lowest BCUT2D eigenvalue weighted by Crippen LogP contribution is -2.55. The number of methoxy groups -OCH3 is 1. The second-order valence-corrected chi connectivity index (χ2v) is 15.0. The first-order valence-corrected chi connectivity index (χ1v) is 18.5. The van der Waals surface area contributed by atoms with E-state index in [2.05, 4.69) is 21.2 Å². The van der Waals surface area contributed by atoms with E-state index in [4.69, 9.17) is 4.74 Å². The Morgan fingerprint density at radius 2 is 1.56 bits per heavy atom. The minimum absolute atomic E-state index is 0.0263. The molecule has 1 N–H and O–H groups in total. The molecule has 0 radical (unpaired) electrons. The van der Waals surface area contributed by atoms with Gasteiger partial charge in [-0.15, -0.1) is 0 Å². The van der Waals surface area contributed by atoms with Crippen molar-refractivity contribution >= 4 is 43.5 Å². The Hall–Kier alpha value is -4.15. The van der Waals surface area contributed by atoms with Crippen LogP contribution < -0.4 is 14.4 Å². The number of aryl methyl sites for hydroxylation is 1. The molecule has 1 fully saturated rings. The number of carbonyl (C=O) groups excluding carboxylic acids is 2. The summed E-state index contributed by atoms with van der Waals surface area (Å²) in [4.78, 5) is 30.6. The lowest BCUT2D eigenvalue weighted by molar-refractivity contribution is -0.140. The normalized spacial score (nSPS) is 14.1. The van der Waals surface area contributed by atoms with E-state index < -0.39 is 28.5 Å². The third kappa shape index (κ3) is 9.05. The first-order chi connectivity index (χ1) is 23.1. The number of anilines is 1. The van der Waals surface area contributed by atoms with Crippen molar-refractivity contribution in [3.8, 4) is 5.75 Å². The molecule has 252 valence electrons.